The average Bonchev–Trinajstić information content (AvgIpc) is 2.38. The van der Waals surface area contributed by atoms with Crippen LogP contribution >= 0.6 is 0 Å². The van der Waals surface area contributed by atoms with Crippen molar-refractivity contribution in [2.24, 2.45) is 0 Å². The third-order valence-corrected chi connectivity index (χ3v) is 2.90. The summed E-state index contributed by atoms with van der Waals surface area (Å²) in [5.41, 5.74) is 0. The summed E-state index contributed by atoms with van der Waals surface area (Å²) in [5.74, 6) is 5.45. The third kappa shape index (κ3) is 5.52. The molecular weight excluding hydrogens is 214 g/mol. The van der Waals surface area contributed by atoms with Crippen molar-refractivity contribution in [3.05, 3.63) is 0 Å². The minimum absolute atomic E-state index is 0.497. The van der Waals surface area contributed by atoms with Gasteiger partial charge in [-0.1, -0.05) is 31.1 Å². The number of ether oxygens (including phenoxy) is 2. The Balaban J connectivity index is 2.41. The SMILES string of the molecule is CC#COCN(COC#CC)C1CCCCC1. The Hall–Kier alpha value is -1.32. The van der Waals surface area contributed by atoms with Crippen molar-refractivity contribution in [1.29, 1.82) is 0 Å². The molecule has 0 bridgehead atoms. The van der Waals surface area contributed by atoms with Crippen LogP contribution in [0.4, 0.5) is 0 Å². The highest BCUT2D eigenvalue weighted by Crippen LogP contribution is 2.22. The molecule has 3 heteroatoms. The van der Waals surface area contributed by atoms with E-state index in [-0.39, 0.29) is 0 Å². The molecule has 0 atom stereocenters. The summed E-state index contributed by atoms with van der Waals surface area (Å²) in [7, 11) is 0. The van der Waals surface area contributed by atoms with Crippen LogP contribution in [0.15, 0.2) is 0 Å². The van der Waals surface area contributed by atoms with Crippen LogP contribution in [-0.4, -0.2) is 24.4 Å². The predicted molar refractivity (Wildman–Crippen MR) is 67.5 cm³/mol. The van der Waals surface area contributed by atoms with E-state index in [1.54, 1.807) is 13.8 Å². The van der Waals surface area contributed by atoms with Gasteiger partial charge in [0.2, 0.25) is 0 Å². The summed E-state index contributed by atoms with van der Waals surface area (Å²) in [4.78, 5) is 2.17. The Morgan fingerprint density at radius 1 is 0.941 bits per heavy atom. The number of hydrogen-bond acceptors (Lipinski definition) is 3. The van der Waals surface area contributed by atoms with Gasteiger partial charge in [0.05, 0.1) is 0 Å². The number of hydrogen-bond donors (Lipinski definition) is 0. The first-order valence-corrected chi connectivity index (χ1v) is 6.19. The quantitative estimate of drug-likeness (QED) is 0.540. The molecule has 94 valence electrons. The predicted octanol–water partition coefficient (Wildman–Crippen LogP) is 2.53. The fourth-order valence-electron chi connectivity index (χ4n) is 2.07. The molecule has 0 aliphatic heterocycles. The van der Waals surface area contributed by atoms with Gasteiger partial charge in [0.15, 0.2) is 13.5 Å². The Kier molecular flexibility index (Phi) is 7.11. The van der Waals surface area contributed by atoms with E-state index in [0.717, 1.165) is 0 Å². The molecule has 0 spiro atoms. The van der Waals surface area contributed by atoms with E-state index in [2.05, 4.69) is 29.0 Å². The van der Waals surface area contributed by atoms with E-state index in [4.69, 9.17) is 9.47 Å². The fourth-order valence-corrected chi connectivity index (χ4v) is 2.07. The Morgan fingerprint density at radius 3 is 1.94 bits per heavy atom. The Morgan fingerprint density at radius 2 is 1.47 bits per heavy atom. The molecule has 0 amide bonds. The Labute approximate surface area is 104 Å². The van der Waals surface area contributed by atoms with Gasteiger partial charge in [-0.3, -0.25) is 0 Å². The summed E-state index contributed by atoms with van der Waals surface area (Å²) in [5, 5.41) is 0. The lowest BCUT2D eigenvalue weighted by molar-refractivity contribution is -0.0139. The standard InChI is InChI=1S/C14H21NO2/c1-3-10-16-12-15(13-17-11-4-2)14-8-6-5-7-9-14/h14H,5-9,12-13H2,1-2H3. The first-order valence-electron chi connectivity index (χ1n) is 6.19. The van der Waals surface area contributed by atoms with E-state index < -0.39 is 0 Å². The van der Waals surface area contributed by atoms with Crippen molar-refractivity contribution >= 4 is 0 Å². The highest BCUT2D eigenvalue weighted by molar-refractivity contribution is 4.86. The molecule has 0 aromatic rings. The highest BCUT2D eigenvalue weighted by atomic mass is 16.5. The largest absolute Gasteiger partial charge is 0.430 e. The normalized spacial score (nSPS) is 15.5. The number of nitrogens with zero attached hydrogens (tertiary/aromatic N) is 1. The van der Waals surface area contributed by atoms with Gasteiger partial charge in [-0.15, -0.1) is 0 Å². The molecule has 0 aromatic carbocycles. The van der Waals surface area contributed by atoms with E-state index in [1.165, 1.54) is 32.1 Å². The van der Waals surface area contributed by atoms with Crippen LogP contribution in [0.3, 0.4) is 0 Å². The van der Waals surface area contributed by atoms with Gasteiger partial charge >= 0.3 is 0 Å². The molecule has 0 radical (unpaired) electrons. The first-order chi connectivity index (χ1) is 8.38. The molecular formula is C14H21NO2. The molecule has 3 nitrogen and oxygen atoms in total. The van der Waals surface area contributed by atoms with Gasteiger partial charge in [-0.05, 0) is 12.8 Å². The van der Waals surface area contributed by atoms with Crippen LogP contribution in [0.5, 0.6) is 0 Å². The molecule has 1 aliphatic carbocycles. The van der Waals surface area contributed by atoms with Crippen molar-refractivity contribution in [2.45, 2.75) is 52.0 Å². The summed E-state index contributed by atoms with van der Waals surface area (Å²) in [6, 6.07) is 0.543. The average molecular weight is 235 g/mol. The highest BCUT2D eigenvalue weighted by Gasteiger charge is 2.21. The molecule has 0 aromatic heterocycles. The summed E-state index contributed by atoms with van der Waals surface area (Å²) in [6.45, 7) is 4.53. The van der Waals surface area contributed by atoms with Gasteiger partial charge in [0.25, 0.3) is 0 Å². The maximum Gasteiger partial charge on any atom is 0.156 e. The van der Waals surface area contributed by atoms with E-state index in [0.29, 0.717) is 19.5 Å². The first kappa shape index (κ1) is 13.7. The van der Waals surface area contributed by atoms with Gasteiger partial charge in [0, 0.05) is 19.9 Å². The Bertz CT molecular complexity index is 289. The molecule has 0 heterocycles. The monoisotopic (exact) mass is 235 g/mol. The second kappa shape index (κ2) is 8.79. The van der Waals surface area contributed by atoms with Crippen molar-refractivity contribution in [3.8, 4) is 24.1 Å². The van der Waals surface area contributed by atoms with Crippen molar-refractivity contribution in [3.63, 3.8) is 0 Å². The van der Waals surface area contributed by atoms with Crippen molar-refractivity contribution in [1.82, 2.24) is 4.90 Å². The lowest BCUT2D eigenvalue weighted by atomic mass is 9.95. The maximum atomic E-state index is 5.27. The van der Waals surface area contributed by atoms with E-state index in [1.807, 2.05) is 0 Å². The zero-order chi connectivity index (χ0) is 12.3. The molecule has 1 rings (SSSR count). The third-order valence-electron chi connectivity index (χ3n) is 2.90. The lowest BCUT2D eigenvalue weighted by Gasteiger charge is -2.31. The van der Waals surface area contributed by atoms with Crippen molar-refractivity contribution < 1.29 is 9.47 Å². The van der Waals surface area contributed by atoms with E-state index in [9.17, 15) is 0 Å². The minimum Gasteiger partial charge on any atom is -0.430 e. The molecule has 0 unspecified atom stereocenters. The lowest BCUT2D eigenvalue weighted by Crippen LogP contribution is -2.39. The molecule has 0 saturated heterocycles. The number of rotatable bonds is 5. The maximum absolute atomic E-state index is 5.27. The van der Waals surface area contributed by atoms with Crippen LogP contribution in [0.25, 0.3) is 0 Å². The summed E-state index contributed by atoms with van der Waals surface area (Å²) >= 11 is 0. The zero-order valence-corrected chi connectivity index (χ0v) is 10.8. The van der Waals surface area contributed by atoms with Crippen LogP contribution in [0.2, 0.25) is 0 Å². The summed E-state index contributed by atoms with van der Waals surface area (Å²) in [6.07, 6.45) is 11.6. The van der Waals surface area contributed by atoms with Crippen LogP contribution in [-0.2, 0) is 9.47 Å². The van der Waals surface area contributed by atoms with Crippen LogP contribution < -0.4 is 0 Å². The molecule has 1 aliphatic rings. The topological polar surface area (TPSA) is 21.7 Å². The fraction of sp³-hybridized carbons (Fsp3) is 0.714. The van der Waals surface area contributed by atoms with Crippen LogP contribution in [0.1, 0.15) is 46.0 Å². The van der Waals surface area contributed by atoms with Gasteiger partial charge in [-0.2, -0.15) is 0 Å². The van der Waals surface area contributed by atoms with E-state index >= 15 is 0 Å². The van der Waals surface area contributed by atoms with Crippen molar-refractivity contribution in [2.75, 3.05) is 13.5 Å². The zero-order valence-electron chi connectivity index (χ0n) is 10.8. The smallest absolute Gasteiger partial charge is 0.156 e. The van der Waals surface area contributed by atoms with Gasteiger partial charge in [0.1, 0.15) is 12.2 Å². The second-order valence-electron chi connectivity index (χ2n) is 4.13. The van der Waals surface area contributed by atoms with Gasteiger partial charge in [-0.25, -0.2) is 4.90 Å². The molecule has 1 fully saturated rings. The minimum atomic E-state index is 0.497. The second-order valence-corrected chi connectivity index (χ2v) is 4.13. The van der Waals surface area contributed by atoms with Gasteiger partial charge < -0.3 is 9.47 Å². The molecule has 17 heavy (non-hydrogen) atoms. The van der Waals surface area contributed by atoms with Crippen LogP contribution in [0, 0.1) is 24.1 Å². The summed E-state index contributed by atoms with van der Waals surface area (Å²) < 4.78 is 10.5. The molecule has 1 saturated carbocycles. The molecule has 0 N–H and O–H groups in total.